The van der Waals surface area contributed by atoms with Gasteiger partial charge in [0.05, 0.1) is 6.54 Å². The number of nitrogens with one attached hydrogen (secondary N) is 1. The summed E-state index contributed by atoms with van der Waals surface area (Å²) in [7, 11) is 0. The van der Waals surface area contributed by atoms with E-state index in [1.165, 1.54) is 5.56 Å². The minimum atomic E-state index is -0.465. The summed E-state index contributed by atoms with van der Waals surface area (Å²) in [5.41, 5.74) is 4.51. The first-order chi connectivity index (χ1) is 9.67. The second kappa shape index (κ2) is 4.82. The lowest BCUT2D eigenvalue weighted by Crippen LogP contribution is -2.30. The Bertz CT molecular complexity index is 772. The van der Waals surface area contributed by atoms with Gasteiger partial charge in [-0.1, -0.05) is 17.3 Å². The predicted molar refractivity (Wildman–Crippen MR) is 73.9 cm³/mol. The van der Waals surface area contributed by atoms with Crippen molar-refractivity contribution in [2.75, 3.05) is 0 Å². The fraction of sp³-hybridized carbons (Fsp3) is 0.143. The molecule has 0 unspecified atom stereocenters. The molecule has 3 aromatic rings. The Morgan fingerprint density at radius 1 is 1.40 bits per heavy atom. The number of amides is 1. The first kappa shape index (κ1) is 12.4. The molecule has 1 amide bonds. The molecule has 1 aromatic carbocycles. The number of carbonyl (C=O) groups excluding carboxylic acids is 1. The smallest absolute Gasteiger partial charge is 0.287 e. The molecule has 0 atom stereocenters. The number of hydrogen-bond acceptors (Lipinski definition) is 4. The molecule has 0 spiro atoms. The molecule has 20 heavy (non-hydrogen) atoms. The van der Waals surface area contributed by atoms with Crippen molar-refractivity contribution in [1.82, 2.24) is 15.1 Å². The van der Waals surface area contributed by atoms with Crippen LogP contribution in [0.1, 0.15) is 21.8 Å². The maximum absolute atomic E-state index is 11.3. The van der Waals surface area contributed by atoms with E-state index in [1.54, 1.807) is 6.07 Å². The number of nitrogen functional groups attached to an aromatic ring is 1. The van der Waals surface area contributed by atoms with Crippen LogP contribution < -0.4 is 11.3 Å². The number of rotatable bonds is 3. The average Bonchev–Trinajstić information content (AvgIpc) is 3.06. The van der Waals surface area contributed by atoms with Crippen LogP contribution in [0.3, 0.4) is 0 Å². The Morgan fingerprint density at radius 2 is 2.25 bits per heavy atom. The Hall–Kier alpha value is -2.60. The van der Waals surface area contributed by atoms with E-state index >= 15 is 0 Å². The van der Waals surface area contributed by atoms with Crippen LogP contribution in [-0.4, -0.2) is 15.6 Å². The number of aromatic nitrogens is 2. The lowest BCUT2D eigenvalue weighted by atomic mass is 10.2. The zero-order valence-corrected chi connectivity index (χ0v) is 11.0. The number of benzene rings is 1. The van der Waals surface area contributed by atoms with Crippen molar-refractivity contribution in [1.29, 1.82) is 0 Å². The van der Waals surface area contributed by atoms with Crippen molar-refractivity contribution in [3.63, 3.8) is 0 Å². The van der Waals surface area contributed by atoms with E-state index in [4.69, 9.17) is 10.4 Å². The Morgan fingerprint density at radius 3 is 3.05 bits per heavy atom. The lowest BCUT2D eigenvalue weighted by Gasteiger charge is -2.02. The van der Waals surface area contributed by atoms with E-state index < -0.39 is 5.91 Å². The van der Waals surface area contributed by atoms with Crippen LogP contribution in [0.5, 0.6) is 0 Å². The summed E-state index contributed by atoms with van der Waals surface area (Å²) in [6, 6.07) is 9.89. The molecule has 2 aromatic heterocycles. The molecular weight excluding hydrogens is 256 g/mol. The van der Waals surface area contributed by atoms with Gasteiger partial charge >= 0.3 is 0 Å². The summed E-state index contributed by atoms with van der Waals surface area (Å²) in [4.78, 5) is 11.3. The van der Waals surface area contributed by atoms with Gasteiger partial charge in [0.25, 0.3) is 5.91 Å². The van der Waals surface area contributed by atoms with Crippen molar-refractivity contribution >= 4 is 16.8 Å². The highest BCUT2D eigenvalue weighted by Crippen LogP contribution is 2.19. The molecule has 6 heteroatoms. The highest BCUT2D eigenvalue weighted by molar-refractivity contribution is 5.91. The van der Waals surface area contributed by atoms with E-state index in [2.05, 4.69) is 30.3 Å². The van der Waals surface area contributed by atoms with E-state index in [9.17, 15) is 4.79 Å². The highest BCUT2D eigenvalue weighted by atomic mass is 16.5. The van der Waals surface area contributed by atoms with Gasteiger partial charge in [0.2, 0.25) is 0 Å². The maximum Gasteiger partial charge on any atom is 0.287 e. The second-order valence-electron chi connectivity index (χ2n) is 4.66. The molecule has 0 bridgehead atoms. The summed E-state index contributed by atoms with van der Waals surface area (Å²) >= 11 is 0. The van der Waals surface area contributed by atoms with Crippen LogP contribution in [0.25, 0.3) is 10.9 Å². The number of fused-ring (bicyclic) bond motifs is 1. The molecule has 0 fully saturated rings. The van der Waals surface area contributed by atoms with Crippen molar-refractivity contribution in [3.8, 4) is 0 Å². The fourth-order valence-electron chi connectivity index (χ4n) is 2.17. The van der Waals surface area contributed by atoms with Gasteiger partial charge in [-0.2, -0.15) is 0 Å². The Balaban J connectivity index is 1.91. The summed E-state index contributed by atoms with van der Waals surface area (Å²) in [5.74, 6) is 5.19. The van der Waals surface area contributed by atoms with Crippen LogP contribution >= 0.6 is 0 Å². The van der Waals surface area contributed by atoms with E-state index in [0.29, 0.717) is 12.3 Å². The minimum Gasteiger partial charge on any atom is -0.359 e. The molecule has 3 N–H and O–H groups in total. The third-order valence-corrected chi connectivity index (χ3v) is 3.18. The third-order valence-electron chi connectivity index (χ3n) is 3.18. The van der Waals surface area contributed by atoms with Crippen LogP contribution in [0.2, 0.25) is 0 Å². The highest BCUT2D eigenvalue weighted by Gasteiger charge is 2.12. The van der Waals surface area contributed by atoms with E-state index in [-0.39, 0.29) is 5.69 Å². The number of hydrogen-bond donors (Lipinski definition) is 2. The second-order valence-corrected chi connectivity index (χ2v) is 4.66. The zero-order chi connectivity index (χ0) is 14.1. The first-order valence-electron chi connectivity index (χ1n) is 6.19. The molecule has 102 valence electrons. The van der Waals surface area contributed by atoms with Crippen molar-refractivity contribution in [2.45, 2.75) is 13.5 Å². The van der Waals surface area contributed by atoms with Crippen molar-refractivity contribution in [3.05, 3.63) is 53.5 Å². The van der Waals surface area contributed by atoms with Gasteiger partial charge in [-0.15, -0.1) is 0 Å². The molecule has 0 aliphatic heterocycles. The molecular formula is C14H14N4O2. The van der Waals surface area contributed by atoms with Crippen LogP contribution in [0.4, 0.5) is 0 Å². The Labute approximate surface area is 115 Å². The van der Waals surface area contributed by atoms with Gasteiger partial charge in [0.1, 0.15) is 0 Å². The molecule has 0 aliphatic rings. The van der Waals surface area contributed by atoms with E-state index in [1.807, 2.05) is 22.3 Å². The Kier molecular flexibility index (Phi) is 3.00. The number of carbonyl (C=O) groups is 1. The van der Waals surface area contributed by atoms with Crippen molar-refractivity contribution in [2.24, 2.45) is 5.84 Å². The predicted octanol–water partition coefficient (Wildman–Crippen LogP) is 1.59. The minimum absolute atomic E-state index is 0.176. The summed E-state index contributed by atoms with van der Waals surface area (Å²) in [6.07, 6.45) is 1.98. The molecule has 0 aliphatic carbocycles. The molecule has 6 nitrogen and oxygen atoms in total. The average molecular weight is 270 g/mol. The SMILES string of the molecule is Cc1ccc2ccn(Cc3cc(C(=O)NN)no3)c2c1. The van der Waals surface area contributed by atoms with Gasteiger partial charge in [0.15, 0.2) is 11.5 Å². The van der Waals surface area contributed by atoms with E-state index in [0.717, 1.165) is 10.9 Å². The number of aryl methyl sites for hydroxylation is 1. The summed E-state index contributed by atoms with van der Waals surface area (Å²) in [5, 5.41) is 4.85. The third kappa shape index (κ3) is 2.17. The van der Waals surface area contributed by atoms with Crippen LogP contribution in [0.15, 0.2) is 41.1 Å². The molecule has 0 saturated heterocycles. The number of nitrogens with two attached hydrogens (primary N) is 1. The summed E-state index contributed by atoms with van der Waals surface area (Å²) in [6.45, 7) is 2.56. The molecule has 0 saturated carbocycles. The largest absolute Gasteiger partial charge is 0.359 e. The summed E-state index contributed by atoms with van der Waals surface area (Å²) < 4.78 is 7.20. The van der Waals surface area contributed by atoms with Gasteiger partial charge < -0.3 is 9.09 Å². The molecule has 3 rings (SSSR count). The van der Waals surface area contributed by atoms with Gasteiger partial charge in [-0.25, -0.2) is 5.84 Å². The maximum atomic E-state index is 11.3. The number of hydrazine groups is 1. The van der Waals surface area contributed by atoms with Gasteiger partial charge in [-0.05, 0) is 30.0 Å². The van der Waals surface area contributed by atoms with Crippen molar-refractivity contribution < 1.29 is 9.32 Å². The van der Waals surface area contributed by atoms with Crippen LogP contribution in [-0.2, 0) is 6.54 Å². The van der Waals surface area contributed by atoms with Gasteiger partial charge in [-0.3, -0.25) is 10.2 Å². The first-order valence-corrected chi connectivity index (χ1v) is 6.19. The quantitative estimate of drug-likeness (QED) is 0.430. The molecule has 0 radical (unpaired) electrons. The fourth-order valence-corrected chi connectivity index (χ4v) is 2.17. The lowest BCUT2D eigenvalue weighted by molar-refractivity contribution is 0.0944. The number of nitrogens with zero attached hydrogens (tertiary/aromatic N) is 2. The normalized spacial score (nSPS) is 10.9. The van der Waals surface area contributed by atoms with Crippen LogP contribution in [0, 0.1) is 6.92 Å². The topological polar surface area (TPSA) is 86.1 Å². The zero-order valence-electron chi connectivity index (χ0n) is 11.0. The monoisotopic (exact) mass is 270 g/mol. The molecule has 2 heterocycles. The standard InChI is InChI=1S/C14H14N4O2/c1-9-2-3-10-4-5-18(13(10)6-9)8-11-7-12(17-20-11)14(19)16-15/h2-7H,8,15H2,1H3,(H,16,19). The van der Waals surface area contributed by atoms with Gasteiger partial charge in [0, 0.05) is 17.8 Å².